The van der Waals surface area contributed by atoms with Crippen LogP contribution in [0.3, 0.4) is 0 Å². The van der Waals surface area contributed by atoms with E-state index in [9.17, 15) is 9.12 Å². The number of likely N-dealkylation sites (tertiary alicyclic amines) is 1. The van der Waals surface area contributed by atoms with Crippen LogP contribution < -0.4 is 5.73 Å². The minimum absolute atomic E-state index is 0.458. The summed E-state index contributed by atoms with van der Waals surface area (Å²) in [7, 11) is -1.09. The van der Waals surface area contributed by atoms with Crippen molar-refractivity contribution in [2.45, 2.75) is 43.0 Å². The van der Waals surface area contributed by atoms with Crippen molar-refractivity contribution in [1.29, 1.82) is 0 Å². The number of hydrogen-bond acceptors (Lipinski definition) is 5. The summed E-state index contributed by atoms with van der Waals surface area (Å²) in [4.78, 5) is 13.7. The van der Waals surface area contributed by atoms with Crippen LogP contribution in [-0.4, -0.2) is 52.2 Å². The van der Waals surface area contributed by atoms with Gasteiger partial charge in [0.05, 0.1) is 11.4 Å². The van der Waals surface area contributed by atoms with Crippen molar-refractivity contribution in [2.24, 2.45) is 11.1 Å². The van der Waals surface area contributed by atoms with Crippen LogP contribution in [0, 0.1) is 10.8 Å². The van der Waals surface area contributed by atoms with Crippen molar-refractivity contribution >= 4 is 16.7 Å². The Balaban J connectivity index is 1.45. The second-order valence-corrected chi connectivity index (χ2v) is 8.59. The normalized spacial score (nSPS) is 22.7. The average Bonchev–Trinajstić information content (AvgIpc) is 2.67. The zero-order chi connectivity index (χ0) is 17.6. The molecule has 1 unspecified atom stereocenters. The molecule has 3 rings (SSSR count). The molecule has 0 spiro atoms. The Labute approximate surface area is 152 Å². The molecule has 1 aromatic carbocycles. The first kappa shape index (κ1) is 18.5. The Morgan fingerprint density at radius 1 is 1.04 bits per heavy atom. The molecule has 2 N–H and O–H groups in total. The number of benzene rings is 1. The molecule has 0 saturated carbocycles. The molecular formula is C18H28N4O2S. The molecule has 0 bridgehead atoms. The number of nitrogen functional groups attached to an aromatic ring is 1. The van der Waals surface area contributed by atoms with Gasteiger partial charge in [0.25, 0.3) is 0 Å². The van der Waals surface area contributed by atoms with E-state index in [4.69, 9.17) is 5.73 Å². The van der Waals surface area contributed by atoms with Gasteiger partial charge in [-0.05, 0) is 75.4 Å². The number of nitroso groups, excluding NO2 is 1. The van der Waals surface area contributed by atoms with E-state index in [-0.39, 0.29) is 0 Å². The van der Waals surface area contributed by atoms with Crippen LogP contribution in [0.25, 0.3) is 0 Å². The highest BCUT2D eigenvalue weighted by Crippen LogP contribution is 2.27. The van der Waals surface area contributed by atoms with Gasteiger partial charge in [-0.1, -0.05) is 5.18 Å². The maximum Gasteiger partial charge on any atom is 0.127 e. The third-order valence-corrected chi connectivity index (χ3v) is 7.04. The Bertz CT molecular complexity index is 579. The number of rotatable bonds is 6. The summed E-state index contributed by atoms with van der Waals surface area (Å²) in [5.41, 5.74) is 6.40. The molecule has 0 aromatic heterocycles. The highest BCUT2D eigenvalue weighted by Gasteiger charge is 2.29. The first-order valence-electron chi connectivity index (χ1n) is 9.23. The van der Waals surface area contributed by atoms with Crippen molar-refractivity contribution in [2.75, 3.05) is 38.5 Å². The fourth-order valence-electron chi connectivity index (χ4n) is 3.95. The lowest BCUT2D eigenvalue weighted by atomic mass is 9.91. The van der Waals surface area contributed by atoms with Crippen LogP contribution in [-0.2, 0) is 11.0 Å². The maximum absolute atomic E-state index is 12.7. The molecule has 1 atom stereocenters. The lowest BCUT2D eigenvalue weighted by Gasteiger charge is -2.41. The molecule has 2 heterocycles. The van der Waals surface area contributed by atoms with E-state index in [0.717, 1.165) is 50.3 Å². The van der Waals surface area contributed by atoms with Crippen LogP contribution in [0.2, 0.25) is 0 Å². The van der Waals surface area contributed by atoms with Gasteiger partial charge in [0.1, 0.15) is 11.0 Å². The largest absolute Gasteiger partial charge is 0.399 e. The predicted octanol–water partition coefficient (Wildman–Crippen LogP) is 2.62. The molecular weight excluding hydrogens is 336 g/mol. The number of nitrogens with zero attached hydrogens (tertiary/aromatic N) is 3. The fraction of sp³-hybridized carbons (Fsp3) is 0.667. The summed E-state index contributed by atoms with van der Waals surface area (Å²) in [6.45, 7) is 4.44. The van der Waals surface area contributed by atoms with Crippen molar-refractivity contribution < 1.29 is 4.21 Å². The SMILES string of the molecule is Nc1ccc(S(=O)N2CCC(N3CCC(CCN=O)CC3)CC2)cc1. The van der Waals surface area contributed by atoms with Gasteiger partial charge in [-0.15, -0.1) is 0 Å². The third kappa shape index (κ3) is 4.86. The molecule has 2 saturated heterocycles. The summed E-state index contributed by atoms with van der Waals surface area (Å²) in [5.74, 6) is 0.659. The summed E-state index contributed by atoms with van der Waals surface area (Å²) >= 11 is 0. The summed E-state index contributed by atoms with van der Waals surface area (Å²) in [5, 5.41) is 2.99. The molecule has 2 aliphatic heterocycles. The summed E-state index contributed by atoms with van der Waals surface area (Å²) in [6, 6.07) is 7.94. The van der Waals surface area contributed by atoms with Gasteiger partial charge in [-0.2, -0.15) is 4.91 Å². The molecule has 2 aliphatic rings. The number of nitrogens with two attached hydrogens (primary N) is 1. The van der Waals surface area contributed by atoms with Gasteiger partial charge in [0.2, 0.25) is 0 Å². The van der Waals surface area contributed by atoms with Crippen LogP contribution in [0.4, 0.5) is 5.69 Å². The highest BCUT2D eigenvalue weighted by molar-refractivity contribution is 7.82. The van der Waals surface area contributed by atoms with E-state index in [0.29, 0.717) is 24.2 Å². The molecule has 0 radical (unpaired) electrons. The smallest absolute Gasteiger partial charge is 0.127 e. The zero-order valence-electron chi connectivity index (χ0n) is 14.7. The number of piperidine rings is 2. The minimum Gasteiger partial charge on any atom is -0.399 e. The van der Waals surface area contributed by atoms with Crippen LogP contribution in [0.1, 0.15) is 32.1 Å². The zero-order valence-corrected chi connectivity index (χ0v) is 15.5. The first-order chi connectivity index (χ1) is 12.2. The van der Waals surface area contributed by atoms with Gasteiger partial charge in [-0.3, -0.25) is 0 Å². The van der Waals surface area contributed by atoms with Gasteiger partial charge in [-0.25, -0.2) is 8.51 Å². The molecule has 0 aliphatic carbocycles. The number of anilines is 1. The van der Waals surface area contributed by atoms with Gasteiger partial charge in [0, 0.05) is 24.8 Å². The third-order valence-electron chi connectivity index (χ3n) is 5.53. The van der Waals surface area contributed by atoms with Crippen LogP contribution >= 0.6 is 0 Å². The van der Waals surface area contributed by atoms with E-state index >= 15 is 0 Å². The molecule has 138 valence electrons. The maximum atomic E-state index is 12.7. The Morgan fingerprint density at radius 2 is 1.68 bits per heavy atom. The van der Waals surface area contributed by atoms with Gasteiger partial charge >= 0.3 is 0 Å². The molecule has 2 fully saturated rings. The van der Waals surface area contributed by atoms with Gasteiger partial charge < -0.3 is 10.6 Å². The Morgan fingerprint density at radius 3 is 2.28 bits per heavy atom. The second kappa shape index (κ2) is 8.87. The monoisotopic (exact) mass is 364 g/mol. The van der Waals surface area contributed by atoms with Gasteiger partial charge in [0.15, 0.2) is 0 Å². The quantitative estimate of drug-likeness (QED) is 0.622. The van der Waals surface area contributed by atoms with E-state index in [1.807, 2.05) is 24.3 Å². The second-order valence-electron chi connectivity index (χ2n) is 7.10. The minimum atomic E-state index is -1.09. The number of hydrogen-bond donors (Lipinski definition) is 1. The standard InChI is InChI=1S/C18H28N4O2S/c19-16-1-3-18(4-2-16)25(24)22-13-8-17(9-14-22)21-11-6-15(7-12-21)5-10-20-23/h1-4,15,17H,5-14,19H2. The summed E-state index contributed by atoms with van der Waals surface area (Å²) < 4.78 is 14.8. The molecule has 0 amide bonds. The fourth-order valence-corrected chi connectivity index (χ4v) is 5.16. The van der Waals surface area contributed by atoms with Crippen molar-refractivity contribution in [3.05, 3.63) is 29.2 Å². The van der Waals surface area contributed by atoms with Crippen molar-refractivity contribution in [1.82, 2.24) is 9.21 Å². The summed E-state index contributed by atoms with van der Waals surface area (Å²) in [6.07, 6.45) is 5.43. The van der Waals surface area contributed by atoms with Crippen LogP contribution in [0.15, 0.2) is 34.3 Å². The van der Waals surface area contributed by atoms with E-state index < -0.39 is 11.0 Å². The Kier molecular flexibility index (Phi) is 6.56. The molecule has 1 aromatic rings. The van der Waals surface area contributed by atoms with E-state index in [1.54, 1.807) is 0 Å². The molecule has 7 heteroatoms. The van der Waals surface area contributed by atoms with E-state index in [2.05, 4.69) is 14.4 Å². The molecule has 6 nitrogen and oxygen atoms in total. The van der Waals surface area contributed by atoms with E-state index in [1.165, 1.54) is 12.8 Å². The molecule has 25 heavy (non-hydrogen) atoms. The lowest BCUT2D eigenvalue weighted by Crippen LogP contribution is -2.48. The van der Waals surface area contributed by atoms with Crippen LogP contribution in [0.5, 0.6) is 0 Å². The van der Waals surface area contributed by atoms with Crippen molar-refractivity contribution in [3.63, 3.8) is 0 Å². The predicted molar refractivity (Wildman–Crippen MR) is 101 cm³/mol. The highest BCUT2D eigenvalue weighted by atomic mass is 32.2. The Hall–Kier alpha value is -1.31. The topological polar surface area (TPSA) is 79.0 Å². The lowest BCUT2D eigenvalue weighted by molar-refractivity contribution is 0.0965. The first-order valence-corrected chi connectivity index (χ1v) is 10.3. The average molecular weight is 365 g/mol. The van der Waals surface area contributed by atoms with Crippen molar-refractivity contribution in [3.8, 4) is 0 Å².